The van der Waals surface area contributed by atoms with Gasteiger partial charge in [-0.1, -0.05) is 49.0 Å². The molecule has 5 aromatic rings. The zero-order chi connectivity index (χ0) is 25.9. The Morgan fingerprint density at radius 3 is 2.22 bits per heavy atom. The predicted octanol–water partition coefficient (Wildman–Crippen LogP) is 7.57. The number of para-hydroxylation sites is 1. The summed E-state index contributed by atoms with van der Waals surface area (Å²) in [5, 5.41) is 3.84. The Labute approximate surface area is 216 Å². The van der Waals surface area contributed by atoms with Crippen molar-refractivity contribution in [2.45, 2.75) is 26.8 Å². The van der Waals surface area contributed by atoms with E-state index in [4.69, 9.17) is 9.72 Å². The van der Waals surface area contributed by atoms with Crippen molar-refractivity contribution in [3.63, 3.8) is 0 Å². The monoisotopic (exact) mass is 488 g/mol. The van der Waals surface area contributed by atoms with Crippen molar-refractivity contribution in [3.05, 3.63) is 104 Å². The van der Waals surface area contributed by atoms with E-state index in [1.807, 2.05) is 73.7 Å². The zero-order valence-corrected chi connectivity index (χ0v) is 21.1. The molecule has 3 aromatic carbocycles. The van der Waals surface area contributed by atoms with E-state index in [0.29, 0.717) is 5.69 Å². The van der Waals surface area contributed by atoms with Gasteiger partial charge in [-0.15, -0.1) is 0 Å². The van der Waals surface area contributed by atoms with Gasteiger partial charge in [0.25, 0.3) is 0 Å². The van der Waals surface area contributed by atoms with Crippen LogP contribution in [0.5, 0.6) is 11.5 Å². The Kier molecular flexibility index (Phi) is 6.56. The maximum atomic E-state index is 11.8. The number of carbonyl (C=O) groups is 1. The van der Waals surface area contributed by atoms with Crippen LogP contribution in [-0.4, -0.2) is 20.4 Å². The molecular weight excluding hydrogens is 460 g/mol. The lowest BCUT2D eigenvalue weighted by molar-refractivity contribution is -0.111. The van der Waals surface area contributed by atoms with Crippen molar-refractivity contribution < 1.29 is 9.53 Å². The van der Waals surface area contributed by atoms with Crippen molar-refractivity contribution in [2.24, 2.45) is 0 Å². The summed E-state index contributed by atoms with van der Waals surface area (Å²) < 4.78 is 8.28. The summed E-state index contributed by atoms with van der Waals surface area (Å²) in [7, 11) is 0. The van der Waals surface area contributed by atoms with Crippen LogP contribution in [0.2, 0.25) is 0 Å². The van der Waals surface area contributed by atoms with Crippen molar-refractivity contribution in [3.8, 4) is 33.9 Å². The van der Waals surface area contributed by atoms with Crippen LogP contribution in [0.15, 0.2) is 97.8 Å². The summed E-state index contributed by atoms with van der Waals surface area (Å²) >= 11 is 0. The Morgan fingerprint density at radius 2 is 1.57 bits per heavy atom. The molecule has 5 rings (SSSR count). The van der Waals surface area contributed by atoms with E-state index in [1.165, 1.54) is 6.08 Å². The lowest BCUT2D eigenvalue weighted by atomic mass is 9.97. The average molecular weight is 489 g/mol. The van der Waals surface area contributed by atoms with E-state index in [2.05, 4.69) is 47.4 Å². The molecule has 0 saturated carbocycles. The van der Waals surface area contributed by atoms with Crippen LogP contribution in [0.1, 0.15) is 25.6 Å². The van der Waals surface area contributed by atoms with Gasteiger partial charge in [0.15, 0.2) is 0 Å². The Bertz CT molecular complexity index is 1570. The Hall–Kier alpha value is -4.71. The maximum Gasteiger partial charge on any atom is 0.247 e. The molecule has 0 spiro atoms. The third kappa shape index (κ3) is 4.74. The standard InChI is InChI=1S/C31H28N4O2/c1-5-27(36)34-24-15-11-23(12-16-24)30-29(28-21(4)32-19-33-31(28)35(30)20(2)3)22-13-17-26(18-14-22)37-25-9-7-6-8-10-25/h5-20H,1H2,2-4H3,(H,34,36). The quantitative estimate of drug-likeness (QED) is 0.240. The molecule has 0 fully saturated rings. The van der Waals surface area contributed by atoms with Crippen LogP contribution < -0.4 is 10.1 Å². The number of amides is 1. The van der Waals surface area contributed by atoms with E-state index in [1.54, 1.807) is 6.33 Å². The van der Waals surface area contributed by atoms with Gasteiger partial charge in [0.05, 0.1) is 11.4 Å². The average Bonchev–Trinajstić information content (AvgIpc) is 3.27. The highest BCUT2D eigenvalue weighted by molar-refractivity contribution is 6.05. The Balaban J connectivity index is 1.66. The molecule has 0 unspecified atom stereocenters. The molecular formula is C31H28N4O2. The first kappa shape index (κ1) is 24.0. The molecule has 0 bridgehead atoms. The molecule has 0 aliphatic carbocycles. The van der Waals surface area contributed by atoms with Crippen LogP contribution in [0.4, 0.5) is 5.69 Å². The molecule has 0 aliphatic heterocycles. The number of rotatable bonds is 7. The summed E-state index contributed by atoms with van der Waals surface area (Å²) in [5.41, 5.74) is 6.69. The van der Waals surface area contributed by atoms with E-state index in [9.17, 15) is 4.79 Å². The normalized spacial score (nSPS) is 11.0. The molecule has 37 heavy (non-hydrogen) atoms. The van der Waals surface area contributed by atoms with E-state index >= 15 is 0 Å². The second-order valence-corrected chi connectivity index (χ2v) is 9.06. The molecule has 1 amide bonds. The second kappa shape index (κ2) is 10.1. The van der Waals surface area contributed by atoms with Crippen LogP contribution >= 0.6 is 0 Å². The third-order valence-corrected chi connectivity index (χ3v) is 6.22. The first-order valence-corrected chi connectivity index (χ1v) is 12.2. The summed E-state index contributed by atoms with van der Waals surface area (Å²) in [5.74, 6) is 1.31. The van der Waals surface area contributed by atoms with E-state index in [0.717, 1.165) is 50.6 Å². The summed E-state index contributed by atoms with van der Waals surface area (Å²) in [4.78, 5) is 21.0. The number of nitrogens with zero attached hydrogens (tertiary/aromatic N) is 3. The number of ether oxygens (including phenoxy) is 1. The SMILES string of the molecule is C=CC(=O)Nc1ccc(-c2c(-c3ccc(Oc4ccccc4)cc3)c3c(C)ncnc3n2C(C)C)cc1. The number of hydrogen-bond donors (Lipinski definition) is 1. The zero-order valence-electron chi connectivity index (χ0n) is 21.1. The number of fused-ring (bicyclic) bond motifs is 1. The van der Waals surface area contributed by atoms with Crippen LogP contribution in [-0.2, 0) is 4.79 Å². The van der Waals surface area contributed by atoms with Crippen molar-refractivity contribution in [2.75, 3.05) is 5.32 Å². The van der Waals surface area contributed by atoms with Gasteiger partial charge < -0.3 is 14.6 Å². The molecule has 2 heterocycles. The number of hydrogen-bond acceptors (Lipinski definition) is 4. The molecule has 6 heteroatoms. The predicted molar refractivity (Wildman–Crippen MR) is 149 cm³/mol. The molecule has 6 nitrogen and oxygen atoms in total. The second-order valence-electron chi connectivity index (χ2n) is 9.06. The minimum atomic E-state index is -0.242. The third-order valence-electron chi connectivity index (χ3n) is 6.22. The molecule has 184 valence electrons. The fourth-order valence-electron chi connectivity index (χ4n) is 4.57. The summed E-state index contributed by atoms with van der Waals surface area (Å²) in [6.45, 7) is 9.84. The Morgan fingerprint density at radius 1 is 0.919 bits per heavy atom. The van der Waals surface area contributed by atoms with E-state index in [-0.39, 0.29) is 11.9 Å². The fourth-order valence-corrected chi connectivity index (χ4v) is 4.57. The number of benzene rings is 3. The van der Waals surface area contributed by atoms with Gasteiger partial charge in [-0.3, -0.25) is 4.79 Å². The van der Waals surface area contributed by atoms with Crippen LogP contribution in [0.25, 0.3) is 33.4 Å². The summed E-state index contributed by atoms with van der Waals surface area (Å²) in [6.07, 6.45) is 2.88. The van der Waals surface area contributed by atoms with Gasteiger partial charge >= 0.3 is 0 Å². The molecule has 0 atom stereocenters. The van der Waals surface area contributed by atoms with Crippen molar-refractivity contribution in [1.82, 2.24) is 14.5 Å². The molecule has 0 radical (unpaired) electrons. The number of carbonyl (C=O) groups excluding carboxylic acids is 1. The van der Waals surface area contributed by atoms with E-state index < -0.39 is 0 Å². The molecule has 0 saturated heterocycles. The van der Waals surface area contributed by atoms with Crippen molar-refractivity contribution in [1.29, 1.82) is 0 Å². The van der Waals surface area contributed by atoms with Crippen LogP contribution in [0, 0.1) is 6.92 Å². The lowest BCUT2D eigenvalue weighted by Crippen LogP contribution is -2.07. The first-order chi connectivity index (χ1) is 18.0. The highest BCUT2D eigenvalue weighted by Gasteiger charge is 2.24. The minimum Gasteiger partial charge on any atom is -0.457 e. The first-order valence-electron chi connectivity index (χ1n) is 12.2. The number of nitrogens with one attached hydrogen (secondary N) is 1. The fraction of sp³-hybridized carbons (Fsp3) is 0.129. The smallest absolute Gasteiger partial charge is 0.247 e. The van der Waals surface area contributed by atoms with Gasteiger partial charge in [0.1, 0.15) is 23.5 Å². The highest BCUT2D eigenvalue weighted by atomic mass is 16.5. The topological polar surface area (TPSA) is 69.0 Å². The van der Waals surface area contributed by atoms with Crippen LogP contribution in [0.3, 0.4) is 0 Å². The van der Waals surface area contributed by atoms with Gasteiger partial charge in [-0.2, -0.15) is 0 Å². The molecule has 2 aromatic heterocycles. The number of aryl methyl sites for hydroxylation is 1. The minimum absolute atomic E-state index is 0.154. The molecule has 1 N–H and O–H groups in total. The molecule has 0 aliphatic rings. The van der Waals surface area contributed by atoms with Gasteiger partial charge in [0, 0.05) is 22.7 Å². The van der Waals surface area contributed by atoms with Gasteiger partial charge in [0.2, 0.25) is 5.91 Å². The summed E-state index contributed by atoms with van der Waals surface area (Å²) in [6, 6.07) is 25.9. The van der Waals surface area contributed by atoms with Crippen molar-refractivity contribution >= 4 is 22.6 Å². The van der Waals surface area contributed by atoms with Gasteiger partial charge in [-0.05, 0) is 74.4 Å². The largest absolute Gasteiger partial charge is 0.457 e. The van der Waals surface area contributed by atoms with Gasteiger partial charge in [-0.25, -0.2) is 9.97 Å². The lowest BCUT2D eigenvalue weighted by Gasteiger charge is -2.16. The number of aromatic nitrogens is 3. The highest BCUT2D eigenvalue weighted by Crippen LogP contribution is 2.43. The maximum absolute atomic E-state index is 11.8. The number of anilines is 1.